The molecule has 2 aliphatic rings. The first-order valence-electron chi connectivity index (χ1n) is 7.76. The maximum absolute atomic E-state index is 3.74. The zero-order valence-electron chi connectivity index (χ0n) is 12.0. The summed E-state index contributed by atoms with van der Waals surface area (Å²) in [6.45, 7) is 6.89. The average Bonchev–Trinajstić information content (AvgIpc) is 2.86. The summed E-state index contributed by atoms with van der Waals surface area (Å²) in [6, 6.07) is 8.89. The lowest BCUT2D eigenvalue weighted by molar-refractivity contribution is 0.310. The Kier molecular flexibility index (Phi) is 3.90. The van der Waals surface area contributed by atoms with E-state index >= 15 is 0 Å². The van der Waals surface area contributed by atoms with E-state index in [9.17, 15) is 0 Å². The molecule has 2 heteroatoms. The highest BCUT2D eigenvalue weighted by molar-refractivity contribution is 5.32. The van der Waals surface area contributed by atoms with Crippen LogP contribution in [0.25, 0.3) is 0 Å². The molecule has 2 N–H and O–H groups in total. The molecule has 1 unspecified atom stereocenters. The molecule has 0 radical (unpaired) electrons. The van der Waals surface area contributed by atoms with Crippen molar-refractivity contribution in [2.45, 2.75) is 45.1 Å². The zero-order chi connectivity index (χ0) is 13.1. The second-order valence-electron chi connectivity index (χ2n) is 6.68. The van der Waals surface area contributed by atoms with Crippen LogP contribution in [-0.4, -0.2) is 19.6 Å². The van der Waals surface area contributed by atoms with Crippen molar-refractivity contribution < 1.29 is 0 Å². The molecule has 1 atom stereocenters. The molecule has 0 saturated heterocycles. The Hall–Kier alpha value is -0.860. The number of hydrogen-bond donors (Lipinski definition) is 2. The molecule has 0 bridgehead atoms. The maximum atomic E-state index is 3.74. The Labute approximate surface area is 117 Å². The van der Waals surface area contributed by atoms with Crippen LogP contribution < -0.4 is 10.6 Å². The highest BCUT2D eigenvalue weighted by Crippen LogP contribution is 2.36. The normalized spacial score (nSPS) is 25.2. The van der Waals surface area contributed by atoms with E-state index in [0.29, 0.717) is 11.3 Å². The first-order valence-corrected chi connectivity index (χ1v) is 7.76. The lowest BCUT2D eigenvalue weighted by atomic mass is 9.87. The summed E-state index contributed by atoms with van der Waals surface area (Å²) in [7, 11) is 0. The highest BCUT2D eigenvalue weighted by Gasteiger charge is 2.28. The van der Waals surface area contributed by atoms with Gasteiger partial charge in [0.25, 0.3) is 0 Å². The van der Waals surface area contributed by atoms with Crippen molar-refractivity contribution in [1.82, 2.24) is 10.6 Å². The van der Waals surface area contributed by atoms with E-state index in [0.717, 1.165) is 19.6 Å². The van der Waals surface area contributed by atoms with Crippen molar-refractivity contribution in [3.05, 3.63) is 35.4 Å². The third-order valence-electron chi connectivity index (χ3n) is 4.95. The van der Waals surface area contributed by atoms with E-state index in [4.69, 9.17) is 0 Å². The van der Waals surface area contributed by atoms with Crippen molar-refractivity contribution in [3.63, 3.8) is 0 Å². The SMILES string of the molecule is CC1(CNCC2CNCc3ccccc32)CCCC1. The molecule has 1 aromatic rings. The Bertz CT molecular complexity index is 421. The van der Waals surface area contributed by atoms with Crippen molar-refractivity contribution >= 4 is 0 Å². The summed E-state index contributed by atoms with van der Waals surface area (Å²) >= 11 is 0. The fourth-order valence-corrected chi connectivity index (χ4v) is 3.72. The number of benzene rings is 1. The van der Waals surface area contributed by atoms with Crippen molar-refractivity contribution in [2.75, 3.05) is 19.6 Å². The molecule has 1 fully saturated rings. The molecule has 104 valence electrons. The number of hydrogen-bond acceptors (Lipinski definition) is 2. The number of rotatable bonds is 4. The smallest absolute Gasteiger partial charge is 0.0208 e. The van der Waals surface area contributed by atoms with Gasteiger partial charge in [-0.1, -0.05) is 44.0 Å². The Morgan fingerprint density at radius 1 is 1.26 bits per heavy atom. The van der Waals surface area contributed by atoms with E-state index in [1.807, 2.05) is 0 Å². The van der Waals surface area contributed by atoms with Gasteiger partial charge in [0.15, 0.2) is 0 Å². The highest BCUT2D eigenvalue weighted by atomic mass is 14.9. The topological polar surface area (TPSA) is 24.1 Å². The molecule has 1 aromatic carbocycles. The lowest BCUT2D eigenvalue weighted by Crippen LogP contribution is -2.37. The molecule has 3 rings (SSSR count). The molecular weight excluding hydrogens is 232 g/mol. The van der Waals surface area contributed by atoms with Crippen LogP contribution in [0.2, 0.25) is 0 Å². The largest absolute Gasteiger partial charge is 0.316 e. The summed E-state index contributed by atoms with van der Waals surface area (Å²) < 4.78 is 0. The van der Waals surface area contributed by atoms with Crippen LogP contribution in [-0.2, 0) is 6.54 Å². The van der Waals surface area contributed by atoms with Gasteiger partial charge < -0.3 is 10.6 Å². The predicted octanol–water partition coefficient (Wildman–Crippen LogP) is 3.04. The van der Waals surface area contributed by atoms with E-state index in [1.165, 1.54) is 37.8 Å². The zero-order valence-corrected chi connectivity index (χ0v) is 12.0. The minimum Gasteiger partial charge on any atom is -0.316 e. The number of nitrogens with one attached hydrogen (secondary N) is 2. The van der Waals surface area contributed by atoms with Gasteiger partial charge in [0.1, 0.15) is 0 Å². The van der Waals surface area contributed by atoms with Crippen molar-refractivity contribution in [1.29, 1.82) is 0 Å². The minimum atomic E-state index is 0.557. The third kappa shape index (κ3) is 3.01. The molecule has 0 spiro atoms. The van der Waals surface area contributed by atoms with Crippen molar-refractivity contribution in [3.8, 4) is 0 Å². The fourth-order valence-electron chi connectivity index (χ4n) is 3.72. The maximum Gasteiger partial charge on any atom is 0.0208 e. The Balaban J connectivity index is 1.56. The van der Waals surface area contributed by atoms with Gasteiger partial charge in [-0.15, -0.1) is 0 Å². The van der Waals surface area contributed by atoms with Crippen LogP contribution >= 0.6 is 0 Å². The summed E-state index contributed by atoms with van der Waals surface area (Å²) in [5, 5.41) is 7.28. The standard InChI is InChI=1S/C17H26N2/c1-17(8-4-5-9-17)13-19-12-15-11-18-10-14-6-2-3-7-16(14)15/h2-3,6-7,15,18-19H,4-5,8-13H2,1H3. The monoisotopic (exact) mass is 258 g/mol. The predicted molar refractivity (Wildman–Crippen MR) is 80.3 cm³/mol. The van der Waals surface area contributed by atoms with Gasteiger partial charge in [-0.25, -0.2) is 0 Å². The first-order chi connectivity index (χ1) is 9.27. The summed E-state index contributed by atoms with van der Waals surface area (Å²) in [5.74, 6) is 0.634. The van der Waals surface area contributed by atoms with E-state index in [-0.39, 0.29) is 0 Å². The van der Waals surface area contributed by atoms with Crippen LogP contribution in [0.15, 0.2) is 24.3 Å². The van der Waals surface area contributed by atoms with E-state index < -0.39 is 0 Å². The molecule has 2 nitrogen and oxygen atoms in total. The molecule has 19 heavy (non-hydrogen) atoms. The van der Waals surface area contributed by atoms with Crippen LogP contribution in [0.4, 0.5) is 0 Å². The molecule has 0 aromatic heterocycles. The quantitative estimate of drug-likeness (QED) is 0.867. The fraction of sp³-hybridized carbons (Fsp3) is 0.647. The van der Waals surface area contributed by atoms with Crippen molar-refractivity contribution in [2.24, 2.45) is 5.41 Å². The van der Waals surface area contributed by atoms with Gasteiger partial charge in [-0.2, -0.15) is 0 Å². The molecule has 1 aliphatic heterocycles. The first kappa shape index (κ1) is 13.1. The molecule has 1 saturated carbocycles. The number of fused-ring (bicyclic) bond motifs is 1. The summed E-state index contributed by atoms with van der Waals surface area (Å²) in [4.78, 5) is 0. The van der Waals surface area contributed by atoms with Gasteiger partial charge in [0.05, 0.1) is 0 Å². The lowest BCUT2D eigenvalue weighted by Gasteiger charge is -2.29. The van der Waals surface area contributed by atoms with Gasteiger partial charge in [0, 0.05) is 32.1 Å². The van der Waals surface area contributed by atoms with Gasteiger partial charge in [-0.3, -0.25) is 0 Å². The van der Waals surface area contributed by atoms with Gasteiger partial charge >= 0.3 is 0 Å². The van der Waals surface area contributed by atoms with E-state index in [1.54, 1.807) is 5.56 Å². The summed E-state index contributed by atoms with van der Waals surface area (Å²) in [6.07, 6.45) is 5.65. The summed E-state index contributed by atoms with van der Waals surface area (Å²) in [5.41, 5.74) is 3.58. The van der Waals surface area contributed by atoms with Crippen LogP contribution in [0.5, 0.6) is 0 Å². The molecule has 1 aliphatic carbocycles. The second-order valence-corrected chi connectivity index (χ2v) is 6.68. The molecule has 0 amide bonds. The van der Waals surface area contributed by atoms with Gasteiger partial charge in [-0.05, 0) is 29.4 Å². The third-order valence-corrected chi connectivity index (χ3v) is 4.95. The van der Waals surface area contributed by atoms with Crippen LogP contribution in [0, 0.1) is 5.41 Å². The average molecular weight is 258 g/mol. The minimum absolute atomic E-state index is 0.557. The van der Waals surface area contributed by atoms with Crippen LogP contribution in [0.1, 0.15) is 49.7 Å². The van der Waals surface area contributed by atoms with Crippen LogP contribution in [0.3, 0.4) is 0 Å². The Morgan fingerprint density at radius 2 is 2.05 bits per heavy atom. The molecule has 1 heterocycles. The molecular formula is C17H26N2. The Morgan fingerprint density at radius 3 is 2.89 bits per heavy atom. The van der Waals surface area contributed by atoms with Gasteiger partial charge in [0.2, 0.25) is 0 Å². The second kappa shape index (κ2) is 5.64. The van der Waals surface area contributed by atoms with E-state index in [2.05, 4.69) is 41.8 Å².